The van der Waals surface area contributed by atoms with Crippen molar-refractivity contribution in [1.82, 2.24) is 4.57 Å². The molecule has 1 aromatic heterocycles. The lowest BCUT2D eigenvalue weighted by Gasteiger charge is -2.06. The maximum Gasteiger partial charge on any atom is 0.0494 e. The van der Waals surface area contributed by atoms with Gasteiger partial charge in [-0.3, -0.25) is 0 Å². The van der Waals surface area contributed by atoms with E-state index >= 15 is 0 Å². The van der Waals surface area contributed by atoms with Crippen molar-refractivity contribution in [2.24, 2.45) is 0 Å². The largest absolute Gasteiger partial charge is 0.343 e. The van der Waals surface area contributed by atoms with Gasteiger partial charge in [-0.15, -0.1) is 0 Å². The summed E-state index contributed by atoms with van der Waals surface area (Å²) in [4.78, 5) is 0. The Hall–Kier alpha value is -1.54. The Kier molecular flexibility index (Phi) is 2.96. The highest BCUT2D eigenvalue weighted by atomic mass is 79.9. The Morgan fingerprint density at radius 3 is 2.56 bits per heavy atom. The summed E-state index contributed by atoms with van der Waals surface area (Å²) < 4.78 is 3.44. The molecule has 0 fully saturated rings. The van der Waals surface area contributed by atoms with Crippen LogP contribution in [0.5, 0.6) is 0 Å². The van der Waals surface area contributed by atoms with Crippen LogP contribution in [-0.2, 0) is 6.54 Å². The van der Waals surface area contributed by atoms with Crippen LogP contribution in [0, 0.1) is 6.92 Å². The third-order valence-electron chi connectivity index (χ3n) is 3.23. The Morgan fingerprint density at radius 2 is 1.78 bits per heavy atom. The zero-order valence-corrected chi connectivity index (χ0v) is 11.8. The van der Waals surface area contributed by atoms with Crippen molar-refractivity contribution in [1.29, 1.82) is 0 Å². The van der Waals surface area contributed by atoms with Gasteiger partial charge in [0.2, 0.25) is 0 Å². The summed E-state index contributed by atoms with van der Waals surface area (Å²) in [5.74, 6) is 0. The molecule has 3 rings (SSSR count). The van der Waals surface area contributed by atoms with E-state index in [2.05, 4.69) is 82.1 Å². The third kappa shape index (κ3) is 2.08. The van der Waals surface area contributed by atoms with Crippen molar-refractivity contribution in [2.45, 2.75) is 13.5 Å². The van der Waals surface area contributed by atoms with Crippen LogP contribution in [0.4, 0.5) is 0 Å². The van der Waals surface area contributed by atoms with Crippen molar-refractivity contribution >= 4 is 26.8 Å². The lowest BCUT2D eigenvalue weighted by atomic mass is 10.1. The lowest BCUT2D eigenvalue weighted by Crippen LogP contribution is -1.97. The number of benzene rings is 2. The van der Waals surface area contributed by atoms with Gasteiger partial charge in [-0.05, 0) is 30.7 Å². The quantitative estimate of drug-likeness (QED) is 0.643. The second kappa shape index (κ2) is 4.62. The molecule has 0 spiro atoms. The summed E-state index contributed by atoms with van der Waals surface area (Å²) in [7, 11) is 0. The molecule has 0 atom stereocenters. The molecule has 3 aromatic rings. The predicted octanol–water partition coefficient (Wildman–Crippen LogP) is 4.76. The fourth-order valence-electron chi connectivity index (χ4n) is 2.21. The summed E-state index contributed by atoms with van der Waals surface area (Å²) in [6, 6.07) is 17.2. The van der Waals surface area contributed by atoms with Gasteiger partial charge in [-0.1, -0.05) is 51.8 Å². The molecule has 18 heavy (non-hydrogen) atoms. The standard InChI is InChI=1S/C16H14BrN/c1-12-5-7-13(8-6-12)11-18-10-9-14-15(17)3-2-4-16(14)18/h2-10H,11H2,1H3. The monoisotopic (exact) mass is 299 g/mol. The second-order valence-corrected chi connectivity index (χ2v) is 5.46. The molecule has 0 saturated carbocycles. The summed E-state index contributed by atoms with van der Waals surface area (Å²) in [6.07, 6.45) is 2.15. The number of hydrogen-bond acceptors (Lipinski definition) is 0. The van der Waals surface area contributed by atoms with E-state index in [0.717, 1.165) is 11.0 Å². The highest BCUT2D eigenvalue weighted by Gasteiger charge is 2.04. The molecule has 0 aliphatic carbocycles. The highest BCUT2D eigenvalue weighted by molar-refractivity contribution is 9.10. The van der Waals surface area contributed by atoms with Crippen molar-refractivity contribution < 1.29 is 0 Å². The average Bonchev–Trinajstić information content (AvgIpc) is 2.77. The number of aryl methyl sites for hydroxylation is 1. The molecule has 0 aliphatic rings. The first kappa shape index (κ1) is 11.5. The molecule has 90 valence electrons. The highest BCUT2D eigenvalue weighted by Crippen LogP contribution is 2.25. The Morgan fingerprint density at radius 1 is 1.00 bits per heavy atom. The summed E-state index contributed by atoms with van der Waals surface area (Å²) in [5, 5.41) is 1.27. The van der Waals surface area contributed by atoms with Crippen LogP contribution in [0.25, 0.3) is 10.9 Å². The van der Waals surface area contributed by atoms with Gasteiger partial charge < -0.3 is 4.57 Å². The van der Waals surface area contributed by atoms with Crippen LogP contribution in [0.2, 0.25) is 0 Å². The Labute approximate surface area is 115 Å². The van der Waals surface area contributed by atoms with Gasteiger partial charge in [0.1, 0.15) is 0 Å². The molecular formula is C16H14BrN. The summed E-state index contributed by atoms with van der Waals surface area (Å²) in [6.45, 7) is 3.03. The van der Waals surface area contributed by atoms with E-state index in [0.29, 0.717) is 0 Å². The van der Waals surface area contributed by atoms with Crippen LogP contribution >= 0.6 is 15.9 Å². The maximum absolute atomic E-state index is 3.59. The van der Waals surface area contributed by atoms with Crippen molar-refractivity contribution in [3.63, 3.8) is 0 Å². The second-order valence-electron chi connectivity index (χ2n) is 4.60. The number of fused-ring (bicyclic) bond motifs is 1. The van der Waals surface area contributed by atoms with E-state index < -0.39 is 0 Å². The van der Waals surface area contributed by atoms with E-state index in [1.165, 1.54) is 22.0 Å². The lowest BCUT2D eigenvalue weighted by molar-refractivity contribution is 0.836. The van der Waals surface area contributed by atoms with Crippen LogP contribution in [-0.4, -0.2) is 4.57 Å². The Balaban J connectivity index is 2.00. The van der Waals surface area contributed by atoms with Crippen LogP contribution < -0.4 is 0 Å². The van der Waals surface area contributed by atoms with Gasteiger partial charge in [0.25, 0.3) is 0 Å². The minimum atomic E-state index is 0.917. The maximum atomic E-state index is 3.59. The van der Waals surface area contributed by atoms with E-state index in [1.807, 2.05) is 0 Å². The third-order valence-corrected chi connectivity index (χ3v) is 3.93. The van der Waals surface area contributed by atoms with E-state index in [4.69, 9.17) is 0 Å². The minimum Gasteiger partial charge on any atom is -0.343 e. The molecule has 0 amide bonds. The van der Waals surface area contributed by atoms with Gasteiger partial charge in [-0.25, -0.2) is 0 Å². The number of aromatic nitrogens is 1. The summed E-state index contributed by atoms with van der Waals surface area (Å²) in [5.41, 5.74) is 3.90. The smallest absolute Gasteiger partial charge is 0.0494 e. The number of halogens is 1. The molecular weight excluding hydrogens is 286 g/mol. The minimum absolute atomic E-state index is 0.917. The zero-order valence-electron chi connectivity index (χ0n) is 10.2. The topological polar surface area (TPSA) is 4.93 Å². The molecule has 2 heteroatoms. The zero-order chi connectivity index (χ0) is 12.5. The molecule has 0 aliphatic heterocycles. The van der Waals surface area contributed by atoms with Crippen LogP contribution in [0.1, 0.15) is 11.1 Å². The summed E-state index contributed by atoms with van der Waals surface area (Å²) >= 11 is 3.59. The molecule has 0 saturated heterocycles. The predicted molar refractivity (Wildman–Crippen MR) is 79.9 cm³/mol. The first-order valence-electron chi connectivity index (χ1n) is 6.03. The van der Waals surface area contributed by atoms with Gasteiger partial charge in [0, 0.05) is 28.1 Å². The Bertz CT molecular complexity index is 680. The molecule has 0 bridgehead atoms. The molecule has 1 nitrogen and oxygen atoms in total. The average molecular weight is 300 g/mol. The van der Waals surface area contributed by atoms with Crippen molar-refractivity contribution in [2.75, 3.05) is 0 Å². The van der Waals surface area contributed by atoms with Gasteiger partial charge in [-0.2, -0.15) is 0 Å². The van der Waals surface area contributed by atoms with E-state index in [-0.39, 0.29) is 0 Å². The molecule has 0 unspecified atom stereocenters. The van der Waals surface area contributed by atoms with E-state index in [1.54, 1.807) is 0 Å². The van der Waals surface area contributed by atoms with Crippen LogP contribution in [0.15, 0.2) is 59.2 Å². The fraction of sp³-hybridized carbons (Fsp3) is 0.125. The molecule has 2 aromatic carbocycles. The van der Waals surface area contributed by atoms with Gasteiger partial charge in [0.15, 0.2) is 0 Å². The van der Waals surface area contributed by atoms with Gasteiger partial charge in [0.05, 0.1) is 0 Å². The van der Waals surface area contributed by atoms with Crippen molar-refractivity contribution in [3.05, 3.63) is 70.3 Å². The number of nitrogens with zero attached hydrogens (tertiary/aromatic N) is 1. The van der Waals surface area contributed by atoms with Crippen molar-refractivity contribution in [3.8, 4) is 0 Å². The first-order valence-corrected chi connectivity index (χ1v) is 6.82. The number of rotatable bonds is 2. The van der Waals surface area contributed by atoms with Crippen LogP contribution in [0.3, 0.4) is 0 Å². The number of hydrogen-bond donors (Lipinski definition) is 0. The normalized spacial score (nSPS) is 11.0. The fourth-order valence-corrected chi connectivity index (χ4v) is 2.70. The molecule has 1 heterocycles. The first-order chi connectivity index (χ1) is 8.74. The SMILES string of the molecule is Cc1ccc(Cn2ccc3c(Br)cccc32)cc1. The molecule has 0 N–H and O–H groups in total. The van der Waals surface area contributed by atoms with E-state index in [9.17, 15) is 0 Å². The molecule has 0 radical (unpaired) electrons. The van der Waals surface area contributed by atoms with Gasteiger partial charge >= 0.3 is 0 Å².